The minimum absolute atomic E-state index is 0.261. The summed E-state index contributed by atoms with van der Waals surface area (Å²) in [5.74, 6) is 0. The van der Waals surface area contributed by atoms with Gasteiger partial charge in [-0.2, -0.15) is 0 Å². The van der Waals surface area contributed by atoms with Crippen molar-refractivity contribution in [1.82, 2.24) is 0 Å². The van der Waals surface area contributed by atoms with Gasteiger partial charge in [0.2, 0.25) is 0 Å². The molecule has 0 saturated heterocycles. The van der Waals surface area contributed by atoms with E-state index in [0.717, 1.165) is 22.8 Å². The Kier molecular flexibility index (Phi) is 5.75. The Labute approximate surface area is 109 Å². The van der Waals surface area contributed by atoms with Gasteiger partial charge in [0.05, 0.1) is 12.7 Å². The fourth-order valence-electron chi connectivity index (χ4n) is 1.65. The van der Waals surface area contributed by atoms with Crippen LogP contribution in [0.15, 0.2) is 18.2 Å². The first-order valence-electron chi connectivity index (χ1n) is 5.86. The van der Waals surface area contributed by atoms with E-state index in [1.165, 1.54) is 0 Å². The normalized spacial score (nSPS) is 10.9. The summed E-state index contributed by atoms with van der Waals surface area (Å²) in [6.45, 7) is 6.04. The molecule has 0 aliphatic carbocycles. The molecule has 0 aliphatic heterocycles. The largest absolute Gasteiger partial charge is 0.377 e. The Bertz CT molecular complexity index is 355. The van der Waals surface area contributed by atoms with Gasteiger partial charge in [0, 0.05) is 36.4 Å². The number of anilines is 1. The van der Waals surface area contributed by atoms with Gasteiger partial charge in [0.15, 0.2) is 0 Å². The lowest BCUT2D eigenvalue weighted by atomic mass is 10.1. The molecule has 0 aliphatic rings. The number of hydrogen-bond donors (Lipinski definition) is 1. The second-order valence-corrected chi connectivity index (χ2v) is 4.69. The molecule has 0 saturated carbocycles. The number of halogens is 1. The summed E-state index contributed by atoms with van der Waals surface area (Å²) in [4.78, 5) is 2.12. The van der Waals surface area contributed by atoms with Crippen LogP contribution < -0.4 is 10.6 Å². The monoisotopic (exact) mass is 256 g/mol. The highest BCUT2D eigenvalue weighted by Gasteiger charge is 2.09. The molecule has 0 amide bonds. The zero-order valence-corrected chi connectivity index (χ0v) is 11.5. The molecule has 0 radical (unpaired) electrons. The molecule has 96 valence electrons. The average Bonchev–Trinajstić information content (AvgIpc) is 2.28. The number of likely N-dealkylation sites (N-methyl/N-ethyl adjacent to an activating group) is 1. The Hall–Kier alpha value is -0.770. The number of benzene rings is 1. The van der Waals surface area contributed by atoms with E-state index in [-0.39, 0.29) is 6.10 Å². The third-order valence-corrected chi connectivity index (χ3v) is 2.94. The zero-order valence-electron chi connectivity index (χ0n) is 10.7. The van der Waals surface area contributed by atoms with Crippen LogP contribution >= 0.6 is 11.6 Å². The summed E-state index contributed by atoms with van der Waals surface area (Å²) < 4.78 is 5.53. The maximum absolute atomic E-state index is 6.12. The zero-order chi connectivity index (χ0) is 12.8. The lowest BCUT2D eigenvalue weighted by molar-refractivity contribution is 0.0846. The smallest absolute Gasteiger partial charge is 0.0644 e. The molecule has 0 heterocycles. The molecule has 0 atom stereocenters. The fourth-order valence-corrected chi connectivity index (χ4v) is 1.90. The molecule has 0 unspecified atom stereocenters. The van der Waals surface area contributed by atoms with Crippen molar-refractivity contribution in [2.45, 2.75) is 26.5 Å². The van der Waals surface area contributed by atoms with Gasteiger partial charge in [-0.3, -0.25) is 0 Å². The number of rotatable bonds is 6. The molecular weight excluding hydrogens is 236 g/mol. The van der Waals surface area contributed by atoms with Crippen molar-refractivity contribution in [1.29, 1.82) is 0 Å². The number of hydrogen-bond acceptors (Lipinski definition) is 3. The van der Waals surface area contributed by atoms with Crippen molar-refractivity contribution in [3.8, 4) is 0 Å². The van der Waals surface area contributed by atoms with Crippen molar-refractivity contribution in [2.75, 3.05) is 25.1 Å². The maximum Gasteiger partial charge on any atom is 0.0644 e. The summed E-state index contributed by atoms with van der Waals surface area (Å²) in [7, 11) is 2.02. The fraction of sp³-hybridized carbons (Fsp3) is 0.538. The van der Waals surface area contributed by atoms with Gasteiger partial charge in [0.1, 0.15) is 0 Å². The van der Waals surface area contributed by atoms with Crippen LogP contribution in [0.3, 0.4) is 0 Å². The van der Waals surface area contributed by atoms with Crippen molar-refractivity contribution in [3.63, 3.8) is 0 Å². The van der Waals surface area contributed by atoms with Gasteiger partial charge >= 0.3 is 0 Å². The highest BCUT2D eigenvalue weighted by atomic mass is 35.5. The topological polar surface area (TPSA) is 38.5 Å². The van der Waals surface area contributed by atoms with Gasteiger partial charge in [-0.1, -0.05) is 17.7 Å². The minimum Gasteiger partial charge on any atom is -0.377 e. The van der Waals surface area contributed by atoms with E-state index in [9.17, 15) is 0 Å². The molecule has 2 N–H and O–H groups in total. The highest BCUT2D eigenvalue weighted by molar-refractivity contribution is 6.31. The molecule has 0 fully saturated rings. The number of nitrogens with zero attached hydrogens (tertiary/aromatic N) is 1. The Morgan fingerprint density at radius 2 is 2.12 bits per heavy atom. The van der Waals surface area contributed by atoms with E-state index in [1.54, 1.807) is 0 Å². The van der Waals surface area contributed by atoms with Gasteiger partial charge < -0.3 is 15.4 Å². The van der Waals surface area contributed by atoms with Crippen LogP contribution in [-0.2, 0) is 11.3 Å². The predicted octanol–water partition coefficient (Wildman–Crippen LogP) is 2.66. The first-order chi connectivity index (χ1) is 8.06. The Morgan fingerprint density at radius 3 is 2.71 bits per heavy atom. The summed E-state index contributed by atoms with van der Waals surface area (Å²) >= 11 is 6.12. The van der Waals surface area contributed by atoms with Crippen LogP contribution in [0.2, 0.25) is 5.02 Å². The Morgan fingerprint density at radius 1 is 1.41 bits per heavy atom. The van der Waals surface area contributed by atoms with Gasteiger partial charge in [0.25, 0.3) is 0 Å². The van der Waals surface area contributed by atoms with Crippen LogP contribution in [0.1, 0.15) is 19.4 Å². The third-order valence-electron chi connectivity index (χ3n) is 2.59. The maximum atomic E-state index is 6.12. The van der Waals surface area contributed by atoms with Crippen LogP contribution in [0.25, 0.3) is 0 Å². The van der Waals surface area contributed by atoms with Crippen molar-refractivity contribution in [2.24, 2.45) is 5.73 Å². The van der Waals surface area contributed by atoms with Crippen molar-refractivity contribution in [3.05, 3.63) is 28.8 Å². The molecule has 0 bridgehead atoms. The first kappa shape index (κ1) is 14.3. The van der Waals surface area contributed by atoms with E-state index < -0.39 is 0 Å². The molecule has 1 rings (SSSR count). The second kappa shape index (κ2) is 6.84. The molecule has 0 aromatic heterocycles. The standard InChI is InChI=1S/C13H21ClN2O/c1-10(2)17-8-7-16(3)13-6-4-5-12(14)11(13)9-15/h4-6,10H,7-9,15H2,1-3H3. The molecular formula is C13H21ClN2O. The molecule has 17 heavy (non-hydrogen) atoms. The lowest BCUT2D eigenvalue weighted by Gasteiger charge is -2.23. The molecule has 4 heteroatoms. The summed E-state index contributed by atoms with van der Waals surface area (Å²) in [6, 6.07) is 5.84. The van der Waals surface area contributed by atoms with Crippen molar-refractivity contribution >= 4 is 17.3 Å². The van der Waals surface area contributed by atoms with Gasteiger partial charge in [-0.15, -0.1) is 0 Å². The van der Waals surface area contributed by atoms with E-state index in [4.69, 9.17) is 22.1 Å². The minimum atomic E-state index is 0.261. The van der Waals surface area contributed by atoms with E-state index in [2.05, 4.69) is 4.90 Å². The summed E-state index contributed by atoms with van der Waals surface area (Å²) in [6.07, 6.45) is 0.261. The molecule has 1 aromatic carbocycles. The number of ether oxygens (including phenoxy) is 1. The van der Waals surface area contributed by atoms with Gasteiger partial charge in [-0.05, 0) is 26.0 Å². The second-order valence-electron chi connectivity index (χ2n) is 4.28. The van der Waals surface area contributed by atoms with E-state index in [1.807, 2.05) is 39.1 Å². The van der Waals surface area contributed by atoms with E-state index in [0.29, 0.717) is 13.2 Å². The first-order valence-corrected chi connectivity index (χ1v) is 6.24. The summed E-state index contributed by atoms with van der Waals surface area (Å²) in [5, 5.41) is 0.724. The highest BCUT2D eigenvalue weighted by Crippen LogP contribution is 2.26. The molecule has 3 nitrogen and oxygen atoms in total. The van der Waals surface area contributed by atoms with E-state index >= 15 is 0 Å². The SMILES string of the molecule is CC(C)OCCN(C)c1cccc(Cl)c1CN. The van der Waals surface area contributed by atoms with Gasteiger partial charge in [-0.25, -0.2) is 0 Å². The predicted molar refractivity (Wildman–Crippen MR) is 73.7 cm³/mol. The quantitative estimate of drug-likeness (QED) is 0.851. The van der Waals surface area contributed by atoms with Crippen LogP contribution in [0, 0.1) is 0 Å². The van der Waals surface area contributed by atoms with Crippen molar-refractivity contribution < 1.29 is 4.74 Å². The average molecular weight is 257 g/mol. The summed E-state index contributed by atoms with van der Waals surface area (Å²) in [5.41, 5.74) is 7.79. The lowest BCUT2D eigenvalue weighted by Crippen LogP contribution is -2.25. The Balaban J connectivity index is 2.68. The number of nitrogens with two attached hydrogens (primary N) is 1. The van der Waals surface area contributed by atoms with Crippen LogP contribution in [-0.4, -0.2) is 26.3 Å². The van der Waals surface area contributed by atoms with Crippen LogP contribution in [0.5, 0.6) is 0 Å². The molecule has 1 aromatic rings. The van der Waals surface area contributed by atoms with Crippen LogP contribution in [0.4, 0.5) is 5.69 Å². The molecule has 0 spiro atoms. The third kappa shape index (κ3) is 4.19.